The Bertz CT molecular complexity index is 1200. The zero-order valence-corrected chi connectivity index (χ0v) is 19.1. The second-order valence-corrected chi connectivity index (χ2v) is 9.42. The van der Waals surface area contributed by atoms with Crippen LogP contribution in [0, 0.1) is 0 Å². The number of rotatable bonds is 8. The molecule has 1 heterocycles. The number of anilines is 1. The summed E-state index contributed by atoms with van der Waals surface area (Å²) in [4.78, 5) is 13.0. The summed E-state index contributed by atoms with van der Waals surface area (Å²) in [6, 6.07) is 22.8. The summed E-state index contributed by atoms with van der Waals surface area (Å²) in [5, 5.41) is 2.78. The van der Waals surface area contributed by atoms with E-state index in [4.69, 9.17) is 9.47 Å². The first-order valence-electron chi connectivity index (χ1n) is 10.8. The summed E-state index contributed by atoms with van der Waals surface area (Å²) in [6.07, 6.45) is -0.0278. The molecule has 0 bridgehead atoms. The lowest BCUT2D eigenvalue weighted by Crippen LogP contribution is -2.51. The number of benzene rings is 3. The van der Waals surface area contributed by atoms with Crippen molar-refractivity contribution in [1.29, 1.82) is 0 Å². The van der Waals surface area contributed by atoms with Gasteiger partial charge in [-0.15, -0.1) is 0 Å². The molecule has 1 amide bonds. The van der Waals surface area contributed by atoms with E-state index in [0.717, 1.165) is 12.2 Å². The molecule has 1 atom stereocenters. The normalized spacial score (nSPS) is 15.3. The third-order valence-corrected chi connectivity index (χ3v) is 7.15. The number of nitrogens with zero attached hydrogens (tertiary/aromatic N) is 1. The maximum absolute atomic E-state index is 13.3. The molecule has 0 aromatic heterocycles. The predicted molar refractivity (Wildman–Crippen MR) is 126 cm³/mol. The van der Waals surface area contributed by atoms with E-state index >= 15 is 0 Å². The largest absolute Gasteiger partial charge is 0.492 e. The Morgan fingerprint density at radius 3 is 2.45 bits per heavy atom. The fourth-order valence-electron chi connectivity index (χ4n) is 3.56. The van der Waals surface area contributed by atoms with Gasteiger partial charge in [0.15, 0.2) is 6.10 Å². The van der Waals surface area contributed by atoms with E-state index in [2.05, 4.69) is 12.2 Å². The van der Waals surface area contributed by atoms with Crippen LogP contribution in [-0.2, 0) is 21.2 Å². The Morgan fingerprint density at radius 1 is 1.03 bits per heavy atom. The third kappa shape index (κ3) is 5.12. The van der Waals surface area contributed by atoms with Gasteiger partial charge in [-0.2, -0.15) is 0 Å². The van der Waals surface area contributed by atoms with E-state index in [-0.39, 0.29) is 24.6 Å². The predicted octanol–water partition coefficient (Wildman–Crippen LogP) is 3.40. The minimum atomic E-state index is -3.86. The molecule has 33 heavy (non-hydrogen) atoms. The van der Waals surface area contributed by atoms with Crippen molar-refractivity contribution < 1.29 is 22.7 Å². The number of carbonyl (C=O) groups excluding carboxylic acids is 1. The first kappa shape index (κ1) is 22.7. The van der Waals surface area contributed by atoms with Gasteiger partial charge >= 0.3 is 0 Å². The van der Waals surface area contributed by atoms with Crippen LogP contribution in [0.15, 0.2) is 83.8 Å². The summed E-state index contributed by atoms with van der Waals surface area (Å²) < 4.78 is 39.3. The van der Waals surface area contributed by atoms with Gasteiger partial charge in [0.25, 0.3) is 15.9 Å². The highest BCUT2D eigenvalue weighted by molar-refractivity contribution is 7.92. The molecule has 1 aliphatic heterocycles. The number of amides is 1. The van der Waals surface area contributed by atoms with E-state index in [9.17, 15) is 13.2 Å². The van der Waals surface area contributed by atoms with Gasteiger partial charge in [0, 0.05) is 0 Å². The number of hydrogen-bond donors (Lipinski definition) is 1. The van der Waals surface area contributed by atoms with Crippen LogP contribution in [0.4, 0.5) is 5.69 Å². The summed E-state index contributed by atoms with van der Waals surface area (Å²) in [7, 11) is -3.86. The van der Waals surface area contributed by atoms with E-state index in [0.29, 0.717) is 11.4 Å². The van der Waals surface area contributed by atoms with Gasteiger partial charge in [0.1, 0.15) is 18.1 Å². The molecule has 172 valence electrons. The topological polar surface area (TPSA) is 84.9 Å². The fraction of sp³-hybridized carbons (Fsp3) is 0.240. The summed E-state index contributed by atoms with van der Waals surface area (Å²) in [5.74, 6) is 0.669. The van der Waals surface area contributed by atoms with Gasteiger partial charge < -0.3 is 14.8 Å². The monoisotopic (exact) mass is 466 g/mol. The van der Waals surface area contributed by atoms with Crippen LogP contribution in [0.3, 0.4) is 0 Å². The summed E-state index contributed by atoms with van der Waals surface area (Å²) in [6.45, 7) is 2.51. The minimum Gasteiger partial charge on any atom is -0.492 e. The quantitative estimate of drug-likeness (QED) is 0.515. The Hall–Kier alpha value is -3.52. The molecule has 0 aliphatic carbocycles. The van der Waals surface area contributed by atoms with Crippen molar-refractivity contribution in [1.82, 2.24) is 5.32 Å². The number of carbonyl (C=O) groups is 1. The maximum atomic E-state index is 13.3. The number of ether oxygens (including phenoxy) is 2. The van der Waals surface area contributed by atoms with Crippen LogP contribution in [0.5, 0.6) is 11.5 Å². The average molecular weight is 467 g/mol. The molecule has 1 aliphatic rings. The molecule has 0 saturated carbocycles. The molecule has 0 spiro atoms. The van der Waals surface area contributed by atoms with Crippen molar-refractivity contribution in [3.8, 4) is 11.5 Å². The Kier molecular flexibility index (Phi) is 6.84. The fourth-order valence-corrected chi connectivity index (χ4v) is 5.06. The van der Waals surface area contributed by atoms with Gasteiger partial charge in [0.2, 0.25) is 0 Å². The standard InChI is InChI=1S/C25H26N2O5S/c1-2-19-12-14-20(15-13-19)31-17-16-26-25(28)24-18-27(22-10-6-7-11-23(22)32-24)33(29,30)21-8-4-3-5-9-21/h3-15,24H,2,16-18H2,1H3,(H,26,28)/t24-/m1/s1. The zero-order valence-electron chi connectivity index (χ0n) is 18.3. The molecule has 3 aromatic rings. The van der Waals surface area contributed by atoms with E-state index in [1.165, 1.54) is 22.0 Å². The van der Waals surface area contributed by atoms with E-state index in [1.54, 1.807) is 42.5 Å². The summed E-state index contributed by atoms with van der Waals surface area (Å²) >= 11 is 0. The van der Waals surface area contributed by atoms with E-state index in [1.807, 2.05) is 24.3 Å². The van der Waals surface area contributed by atoms with Crippen LogP contribution in [0.1, 0.15) is 12.5 Å². The van der Waals surface area contributed by atoms with Crippen LogP contribution in [0.25, 0.3) is 0 Å². The number of fused-ring (bicyclic) bond motifs is 1. The average Bonchev–Trinajstić information content (AvgIpc) is 2.86. The number of para-hydroxylation sites is 2. The molecule has 4 rings (SSSR count). The van der Waals surface area contributed by atoms with Crippen molar-refractivity contribution >= 4 is 21.6 Å². The lowest BCUT2D eigenvalue weighted by atomic mass is 10.2. The lowest BCUT2D eigenvalue weighted by molar-refractivity contribution is -0.127. The highest BCUT2D eigenvalue weighted by Crippen LogP contribution is 2.36. The molecule has 0 saturated heterocycles. The lowest BCUT2D eigenvalue weighted by Gasteiger charge is -2.34. The van der Waals surface area contributed by atoms with Crippen molar-refractivity contribution in [3.05, 3.63) is 84.4 Å². The summed E-state index contributed by atoms with van der Waals surface area (Å²) in [5.41, 5.74) is 1.63. The molecule has 3 aromatic carbocycles. The first-order valence-corrected chi connectivity index (χ1v) is 12.3. The van der Waals surface area contributed by atoms with Gasteiger partial charge in [-0.05, 0) is 48.4 Å². The first-order chi connectivity index (χ1) is 16.0. The molecule has 0 fully saturated rings. The van der Waals surface area contributed by atoms with Crippen molar-refractivity contribution in [2.75, 3.05) is 24.0 Å². The SMILES string of the molecule is CCc1ccc(OCCNC(=O)[C@H]2CN(S(=O)(=O)c3ccccc3)c3ccccc3O2)cc1. The second-order valence-electron chi connectivity index (χ2n) is 7.56. The highest BCUT2D eigenvalue weighted by Gasteiger charge is 2.37. The second kappa shape index (κ2) is 9.95. The van der Waals surface area contributed by atoms with Gasteiger partial charge in [-0.25, -0.2) is 8.42 Å². The third-order valence-electron chi connectivity index (χ3n) is 5.36. The van der Waals surface area contributed by atoms with Crippen LogP contribution < -0.4 is 19.1 Å². The molecule has 0 unspecified atom stereocenters. The molecule has 0 radical (unpaired) electrons. The Labute approximate surface area is 194 Å². The molecular weight excluding hydrogens is 440 g/mol. The van der Waals surface area contributed by atoms with Gasteiger partial charge in [-0.3, -0.25) is 9.10 Å². The number of nitrogens with one attached hydrogen (secondary N) is 1. The van der Waals surface area contributed by atoms with Gasteiger partial charge in [0.05, 0.1) is 23.7 Å². The van der Waals surface area contributed by atoms with Crippen molar-refractivity contribution in [2.24, 2.45) is 0 Å². The van der Waals surface area contributed by atoms with Gasteiger partial charge in [-0.1, -0.05) is 49.4 Å². The number of aryl methyl sites for hydroxylation is 1. The molecule has 7 nitrogen and oxygen atoms in total. The molecule has 8 heteroatoms. The van der Waals surface area contributed by atoms with Crippen LogP contribution >= 0.6 is 0 Å². The minimum absolute atomic E-state index is 0.126. The smallest absolute Gasteiger partial charge is 0.264 e. The maximum Gasteiger partial charge on any atom is 0.264 e. The van der Waals surface area contributed by atoms with Crippen LogP contribution in [0.2, 0.25) is 0 Å². The zero-order chi connectivity index (χ0) is 23.3. The Balaban J connectivity index is 1.42. The molecule has 1 N–H and O–H groups in total. The van der Waals surface area contributed by atoms with E-state index < -0.39 is 22.0 Å². The van der Waals surface area contributed by atoms with Crippen molar-refractivity contribution in [3.63, 3.8) is 0 Å². The molecular formula is C25H26N2O5S. The van der Waals surface area contributed by atoms with Crippen molar-refractivity contribution in [2.45, 2.75) is 24.3 Å². The number of hydrogen-bond acceptors (Lipinski definition) is 5. The number of sulfonamides is 1. The highest BCUT2D eigenvalue weighted by atomic mass is 32.2. The van der Waals surface area contributed by atoms with Crippen LogP contribution in [-0.4, -0.2) is 40.1 Å². The Morgan fingerprint density at radius 2 is 1.73 bits per heavy atom.